The number of nitrogens with one attached hydrogen (secondary N) is 2. The number of morpholine rings is 1. The maximum absolute atomic E-state index is 13.2. The van der Waals surface area contributed by atoms with Gasteiger partial charge in [0.05, 0.1) is 42.7 Å². The van der Waals surface area contributed by atoms with Gasteiger partial charge >= 0.3 is 5.97 Å². The highest BCUT2D eigenvalue weighted by Crippen LogP contribution is 2.27. The maximum Gasteiger partial charge on any atom is 0.306 e. The predicted octanol–water partition coefficient (Wildman–Crippen LogP) is 3.74. The summed E-state index contributed by atoms with van der Waals surface area (Å²) >= 11 is 0. The molecule has 1 saturated heterocycles. The van der Waals surface area contributed by atoms with Crippen LogP contribution in [0.4, 0.5) is 22.9 Å². The summed E-state index contributed by atoms with van der Waals surface area (Å²) in [4.78, 5) is 40.0. The zero-order chi connectivity index (χ0) is 27.8. The number of anilines is 4. The van der Waals surface area contributed by atoms with Crippen molar-refractivity contribution < 1.29 is 19.1 Å². The number of rotatable bonds is 9. The van der Waals surface area contributed by atoms with E-state index in [1.807, 2.05) is 51.1 Å². The number of nitrogen functional groups attached to an aromatic ring is 1. The van der Waals surface area contributed by atoms with E-state index >= 15 is 0 Å². The van der Waals surface area contributed by atoms with Gasteiger partial charge in [-0.3, -0.25) is 14.6 Å². The van der Waals surface area contributed by atoms with Gasteiger partial charge < -0.3 is 30.7 Å². The van der Waals surface area contributed by atoms with Crippen molar-refractivity contribution in [3.8, 4) is 11.3 Å². The number of benzene rings is 1. The molecule has 1 aliphatic rings. The molecule has 1 amide bonds. The van der Waals surface area contributed by atoms with Gasteiger partial charge in [0.15, 0.2) is 11.5 Å². The van der Waals surface area contributed by atoms with E-state index < -0.39 is 11.5 Å². The second-order valence-corrected chi connectivity index (χ2v) is 10.1. The minimum atomic E-state index is -0.476. The molecule has 0 spiro atoms. The summed E-state index contributed by atoms with van der Waals surface area (Å²) < 4.78 is 10.8. The van der Waals surface area contributed by atoms with Crippen molar-refractivity contribution in [3.63, 3.8) is 0 Å². The average Bonchev–Trinajstić information content (AvgIpc) is 2.91. The molecule has 0 unspecified atom stereocenters. The van der Waals surface area contributed by atoms with Crippen LogP contribution in [0.2, 0.25) is 0 Å². The fourth-order valence-corrected chi connectivity index (χ4v) is 4.07. The van der Waals surface area contributed by atoms with Gasteiger partial charge in [-0.15, -0.1) is 0 Å². The van der Waals surface area contributed by atoms with Crippen LogP contribution in [-0.4, -0.2) is 65.3 Å². The minimum Gasteiger partial charge on any atom is -0.460 e. The molecule has 1 aliphatic heterocycles. The van der Waals surface area contributed by atoms with Crippen LogP contribution in [-0.2, 0) is 14.3 Å². The quantitative estimate of drug-likeness (QED) is 0.275. The summed E-state index contributed by atoms with van der Waals surface area (Å²) in [5, 5.41) is 6.19. The van der Waals surface area contributed by atoms with E-state index in [0.717, 1.165) is 30.0 Å². The Bertz CT molecular complexity index is 1290. The largest absolute Gasteiger partial charge is 0.460 e. The number of esters is 1. The maximum atomic E-state index is 13.2. The molecule has 206 valence electrons. The lowest BCUT2D eigenvalue weighted by Gasteiger charge is -2.30. The molecule has 0 radical (unpaired) electrons. The lowest BCUT2D eigenvalue weighted by Crippen LogP contribution is -2.36. The van der Waals surface area contributed by atoms with Crippen molar-refractivity contribution in [2.24, 2.45) is 0 Å². The van der Waals surface area contributed by atoms with Crippen LogP contribution in [0.15, 0.2) is 48.9 Å². The molecule has 3 heterocycles. The molecule has 4 N–H and O–H groups in total. The molecular weight excluding hydrogens is 498 g/mol. The fourth-order valence-electron chi connectivity index (χ4n) is 4.07. The van der Waals surface area contributed by atoms with Gasteiger partial charge in [-0.1, -0.05) is 12.1 Å². The van der Waals surface area contributed by atoms with Gasteiger partial charge in [0, 0.05) is 43.5 Å². The Kier molecular flexibility index (Phi) is 8.92. The topological polar surface area (TPSA) is 145 Å². The summed E-state index contributed by atoms with van der Waals surface area (Å²) in [5.41, 5.74) is 9.22. The number of carbonyl (C=O) groups excluding carboxylic acids is 2. The normalized spacial score (nSPS) is 13.6. The number of ether oxygens (including phenoxy) is 2. The number of nitrogens with two attached hydrogens (primary N) is 1. The van der Waals surface area contributed by atoms with Crippen molar-refractivity contribution in [3.05, 3.63) is 54.6 Å². The highest BCUT2D eigenvalue weighted by Gasteiger charge is 2.20. The lowest BCUT2D eigenvalue weighted by atomic mass is 10.1. The number of hydrogen-bond acceptors (Lipinski definition) is 10. The molecule has 0 aliphatic carbocycles. The van der Waals surface area contributed by atoms with Crippen molar-refractivity contribution in [1.82, 2.24) is 15.0 Å². The van der Waals surface area contributed by atoms with Crippen LogP contribution in [0.5, 0.6) is 0 Å². The van der Waals surface area contributed by atoms with E-state index in [1.165, 1.54) is 0 Å². The first-order valence-corrected chi connectivity index (χ1v) is 13.0. The molecule has 0 saturated carbocycles. The van der Waals surface area contributed by atoms with Crippen molar-refractivity contribution in [2.75, 3.05) is 54.1 Å². The van der Waals surface area contributed by atoms with E-state index in [1.54, 1.807) is 18.6 Å². The van der Waals surface area contributed by atoms with Crippen LogP contribution >= 0.6 is 0 Å². The second kappa shape index (κ2) is 12.5. The molecule has 3 aromatic rings. The number of hydrogen-bond donors (Lipinski definition) is 3. The summed E-state index contributed by atoms with van der Waals surface area (Å²) in [6.45, 7) is 8.88. The molecule has 11 nitrogen and oxygen atoms in total. The second-order valence-electron chi connectivity index (χ2n) is 10.1. The molecule has 1 fully saturated rings. The first-order valence-electron chi connectivity index (χ1n) is 13.0. The Labute approximate surface area is 228 Å². The Balaban J connectivity index is 1.38. The number of aromatic nitrogens is 3. The van der Waals surface area contributed by atoms with Gasteiger partial charge in [-0.25, -0.2) is 9.97 Å². The molecule has 0 atom stereocenters. The summed E-state index contributed by atoms with van der Waals surface area (Å²) in [7, 11) is 0. The molecule has 0 bridgehead atoms. The Morgan fingerprint density at radius 3 is 2.56 bits per heavy atom. The van der Waals surface area contributed by atoms with E-state index in [4.69, 9.17) is 15.2 Å². The number of carbonyl (C=O) groups is 2. The number of nitrogens with zero attached hydrogens (tertiary/aromatic N) is 4. The third-order valence-electron chi connectivity index (χ3n) is 5.90. The van der Waals surface area contributed by atoms with E-state index in [-0.39, 0.29) is 17.5 Å². The molecular formula is C28H35N7O4. The summed E-state index contributed by atoms with van der Waals surface area (Å²) in [5.74, 6) is -0.633. The van der Waals surface area contributed by atoms with E-state index in [9.17, 15) is 9.59 Å². The SMILES string of the molecule is CC(C)(C)OC(=O)CCCNc1ccc(-c2cnc(N)c(C(=O)Nc3cnccc3N3CCOCC3)n2)cc1. The highest BCUT2D eigenvalue weighted by molar-refractivity contribution is 6.07. The minimum absolute atomic E-state index is 0.0358. The van der Waals surface area contributed by atoms with Crippen molar-refractivity contribution in [1.29, 1.82) is 0 Å². The van der Waals surface area contributed by atoms with Crippen LogP contribution in [0.3, 0.4) is 0 Å². The van der Waals surface area contributed by atoms with E-state index in [2.05, 4.69) is 30.5 Å². The third kappa shape index (κ3) is 7.87. The first kappa shape index (κ1) is 27.8. The molecule has 1 aromatic carbocycles. The smallest absolute Gasteiger partial charge is 0.306 e. The highest BCUT2D eigenvalue weighted by atomic mass is 16.6. The monoisotopic (exact) mass is 533 g/mol. The van der Waals surface area contributed by atoms with Crippen molar-refractivity contribution in [2.45, 2.75) is 39.2 Å². The van der Waals surface area contributed by atoms with E-state index in [0.29, 0.717) is 44.0 Å². The predicted molar refractivity (Wildman–Crippen MR) is 151 cm³/mol. The zero-order valence-corrected chi connectivity index (χ0v) is 22.6. The standard InChI is InChI=1S/C28H35N7O4/c1-28(2,3)39-24(36)5-4-11-31-20-8-6-19(7-9-20)21-18-32-26(29)25(33-21)27(37)34-22-17-30-12-10-23(22)35-13-15-38-16-14-35/h6-10,12,17-18,31H,4-5,11,13-16H2,1-3H3,(H2,29,32)(H,34,37). The summed E-state index contributed by atoms with van der Waals surface area (Å²) in [6, 6.07) is 9.45. The molecule has 11 heteroatoms. The molecule has 4 rings (SSSR count). The Morgan fingerprint density at radius 2 is 1.85 bits per heavy atom. The lowest BCUT2D eigenvalue weighted by molar-refractivity contribution is -0.154. The van der Waals surface area contributed by atoms with Gasteiger partial charge in [0.2, 0.25) is 0 Å². The van der Waals surface area contributed by atoms with Gasteiger partial charge in [0.25, 0.3) is 5.91 Å². The van der Waals surface area contributed by atoms with Crippen LogP contribution in [0.1, 0.15) is 44.1 Å². The average molecular weight is 534 g/mol. The fraction of sp³-hybridized carbons (Fsp3) is 0.393. The van der Waals surface area contributed by atoms with Crippen molar-refractivity contribution >= 4 is 34.8 Å². The first-order chi connectivity index (χ1) is 18.7. The summed E-state index contributed by atoms with van der Waals surface area (Å²) in [6.07, 6.45) is 5.84. The zero-order valence-electron chi connectivity index (χ0n) is 22.6. The number of pyridine rings is 1. The van der Waals surface area contributed by atoms with Crippen LogP contribution < -0.4 is 21.3 Å². The third-order valence-corrected chi connectivity index (χ3v) is 5.90. The Morgan fingerprint density at radius 1 is 1.10 bits per heavy atom. The Hall–Kier alpha value is -4.25. The van der Waals surface area contributed by atoms with Crippen LogP contribution in [0, 0.1) is 0 Å². The van der Waals surface area contributed by atoms with Crippen LogP contribution in [0.25, 0.3) is 11.3 Å². The molecule has 2 aromatic heterocycles. The van der Waals surface area contributed by atoms with Gasteiger partial charge in [-0.05, 0) is 45.4 Å². The number of amides is 1. The van der Waals surface area contributed by atoms with Gasteiger partial charge in [0.1, 0.15) is 5.60 Å². The molecule has 39 heavy (non-hydrogen) atoms. The van der Waals surface area contributed by atoms with Gasteiger partial charge in [-0.2, -0.15) is 0 Å².